The van der Waals surface area contributed by atoms with Gasteiger partial charge in [0, 0.05) is 26.1 Å². The Morgan fingerprint density at radius 1 is 1.44 bits per heavy atom. The molecule has 18 heavy (non-hydrogen) atoms. The Morgan fingerprint density at radius 3 is 2.83 bits per heavy atom. The van der Waals surface area contributed by atoms with E-state index in [1.54, 1.807) is 7.11 Å². The SMILES string of the molecule is COC1(C)CCCN(c2ccc(CCl)cc2Cl)C1. The number of halogens is 2. The minimum absolute atomic E-state index is 0.0767. The third-order valence-electron chi connectivity index (χ3n) is 3.66. The molecule has 1 aliphatic heterocycles. The number of hydrogen-bond acceptors (Lipinski definition) is 2. The molecule has 100 valence electrons. The number of anilines is 1. The van der Waals surface area contributed by atoms with Crippen LogP contribution in [0.2, 0.25) is 5.02 Å². The summed E-state index contributed by atoms with van der Waals surface area (Å²) in [5, 5.41) is 0.772. The highest BCUT2D eigenvalue weighted by Gasteiger charge is 2.31. The fourth-order valence-corrected chi connectivity index (χ4v) is 2.96. The van der Waals surface area contributed by atoms with Gasteiger partial charge < -0.3 is 9.64 Å². The molecule has 0 aliphatic carbocycles. The molecule has 0 bridgehead atoms. The van der Waals surface area contributed by atoms with Crippen LogP contribution in [0.1, 0.15) is 25.3 Å². The van der Waals surface area contributed by atoms with Crippen LogP contribution in [-0.2, 0) is 10.6 Å². The van der Waals surface area contributed by atoms with E-state index in [1.807, 2.05) is 12.1 Å². The van der Waals surface area contributed by atoms with Gasteiger partial charge in [0.25, 0.3) is 0 Å². The van der Waals surface area contributed by atoms with Crippen molar-refractivity contribution in [1.29, 1.82) is 0 Å². The molecule has 0 N–H and O–H groups in total. The predicted octanol–water partition coefficient (Wildman–Crippen LogP) is 4.08. The molecule has 0 aromatic heterocycles. The van der Waals surface area contributed by atoms with Crippen molar-refractivity contribution in [2.45, 2.75) is 31.2 Å². The van der Waals surface area contributed by atoms with E-state index in [4.69, 9.17) is 27.9 Å². The van der Waals surface area contributed by atoms with Crippen LogP contribution < -0.4 is 4.90 Å². The normalized spacial score (nSPS) is 24.3. The Labute approximate surface area is 119 Å². The number of piperidine rings is 1. The number of hydrogen-bond donors (Lipinski definition) is 0. The van der Waals surface area contributed by atoms with Gasteiger partial charge in [-0.1, -0.05) is 17.7 Å². The molecule has 1 aliphatic rings. The summed E-state index contributed by atoms with van der Waals surface area (Å²) < 4.78 is 5.61. The third-order valence-corrected chi connectivity index (χ3v) is 4.27. The van der Waals surface area contributed by atoms with E-state index >= 15 is 0 Å². The lowest BCUT2D eigenvalue weighted by Gasteiger charge is -2.41. The quantitative estimate of drug-likeness (QED) is 0.777. The van der Waals surface area contributed by atoms with Crippen LogP contribution in [0.15, 0.2) is 18.2 Å². The van der Waals surface area contributed by atoms with E-state index in [9.17, 15) is 0 Å². The highest BCUT2D eigenvalue weighted by molar-refractivity contribution is 6.33. The molecule has 1 atom stereocenters. The molecule has 2 rings (SSSR count). The molecule has 1 fully saturated rings. The number of alkyl halides is 1. The largest absolute Gasteiger partial charge is 0.377 e. The van der Waals surface area contributed by atoms with Crippen molar-refractivity contribution in [2.24, 2.45) is 0 Å². The topological polar surface area (TPSA) is 12.5 Å². The van der Waals surface area contributed by atoms with Crippen molar-refractivity contribution in [1.82, 2.24) is 0 Å². The molecule has 0 spiro atoms. The summed E-state index contributed by atoms with van der Waals surface area (Å²) in [6.45, 7) is 4.06. The maximum Gasteiger partial charge on any atom is 0.0825 e. The average molecular weight is 288 g/mol. The van der Waals surface area contributed by atoms with Crippen molar-refractivity contribution >= 4 is 28.9 Å². The van der Waals surface area contributed by atoms with E-state index < -0.39 is 0 Å². The van der Waals surface area contributed by atoms with E-state index in [2.05, 4.69) is 17.9 Å². The zero-order chi connectivity index (χ0) is 13.2. The first kappa shape index (κ1) is 14.0. The highest BCUT2D eigenvalue weighted by Crippen LogP contribution is 2.33. The Kier molecular flexibility index (Phi) is 4.41. The van der Waals surface area contributed by atoms with E-state index in [0.29, 0.717) is 5.88 Å². The highest BCUT2D eigenvalue weighted by atomic mass is 35.5. The molecule has 2 nitrogen and oxygen atoms in total. The number of ether oxygens (including phenoxy) is 1. The number of benzene rings is 1. The van der Waals surface area contributed by atoms with Gasteiger partial charge in [-0.3, -0.25) is 0 Å². The molecular formula is C14H19Cl2NO. The van der Waals surface area contributed by atoms with Gasteiger partial charge in [-0.05, 0) is 37.5 Å². The predicted molar refractivity (Wildman–Crippen MR) is 77.9 cm³/mol. The van der Waals surface area contributed by atoms with Crippen molar-refractivity contribution < 1.29 is 4.74 Å². The molecule has 1 heterocycles. The van der Waals surface area contributed by atoms with Crippen LogP contribution >= 0.6 is 23.2 Å². The molecule has 0 saturated carbocycles. The summed E-state index contributed by atoms with van der Waals surface area (Å²) in [7, 11) is 1.78. The molecule has 1 aromatic rings. The zero-order valence-electron chi connectivity index (χ0n) is 10.9. The second-order valence-electron chi connectivity index (χ2n) is 5.10. The maximum atomic E-state index is 6.34. The number of nitrogens with zero attached hydrogens (tertiary/aromatic N) is 1. The summed E-state index contributed by atoms with van der Waals surface area (Å²) in [5.74, 6) is 0.496. The molecular weight excluding hydrogens is 269 g/mol. The van der Waals surface area contributed by atoms with Crippen LogP contribution in [0.5, 0.6) is 0 Å². The van der Waals surface area contributed by atoms with Crippen molar-refractivity contribution in [2.75, 3.05) is 25.1 Å². The van der Waals surface area contributed by atoms with Gasteiger partial charge in [-0.25, -0.2) is 0 Å². The first-order chi connectivity index (χ1) is 8.58. The molecule has 1 unspecified atom stereocenters. The van der Waals surface area contributed by atoms with Crippen LogP contribution in [0.4, 0.5) is 5.69 Å². The minimum atomic E-state index is -0.0767. The van der Waals surface area contributed by atoms with E-state index in [1.165, 1.54) is 0 Å². The second-order valence-corrected chi connectivity index (χ2v) is 5.77. The smallest absolute Gasteiger partial charge is 0.0825 e. The number of rotatable bonds is 3. The first-order valence-corrected chi connectivity index (χ1v) is 7.14. The fraction of sp³-hybridized carbons (Fsp3) is 0.571. The maximum absolute atomic E-state index is 6.34. The summed E-state index contributed by atoms with van der Waals surface area (Å²) in [6, 6.07) is 6.04. The van der Waals surface area contributed by atoms with Crippen LogP contribution in [0.25, 0.3) is 0 Å². The standard InChI is InChI=1S/C14H19Cl2NO/c1-14(18-2)6-3-7-17(10-14)13-5-4-11(9-15)8-12(13)16/h4-5,8H,3,6-7,9-10H2,1-2H3. The van der Waals surface area contributed by atoms with Crippen LogP contribution in [0.3, 0.4) is 0 Å². The lowest BCUT2D eigenvalue weighted by Crippen LogP contribution is -2.47. The van der Waals surface area contributed by atoms with Gasteiger partial charge in [-0.15, -0.1) is 11.6 Å². The molecule has 0 amide bonds. The first-order valence-electron chi connectivity index (χ1n) is 6.22. The van der Waals surface area contributed by atoms with Gasteiger partial charge >= 0.3 is 0 Å². The molecule has 4 heteroatoms. The Bertz CT molecular complexity index is 424. The Balaban J connectivity index is 2.21. The summed E-state index contributed by atoms with van der Waals surface area (Å²) >= 11 is 12.1. The van der Waals surface area contributed by atoms with Crippen molar-refractivity contribution in [3.05, 3.63) is 28.8 Å². The Hall–Kier alpha value is -0.440. The number of methoxy groups -OCH3 is 1. The zero-order valence-corrected chi connectivity index (χ0v) is 12.4. The third kappa shape index (κ3) is 2.93. The van der Waals surface area contributed by atoms with Crippen molar-refractivity contribution in [3.8, 4) is 0 Å². The van der Waals surface area contributed by atoms with E-state index in [-0.39, 0.29) is 5.60 Å². The average Bonchev–Trinajstić information content (AvgIpc) is 2.38. The molecule has 1 aromatic carbocycles. The van der Waals surface area contributed by atoms with Crippen molar-refractivity contribution in [3.63, 3.8) is 0 Å². The summed E-state index contributed by atoms with van der Waals surface area (Å²) in [4.78, 5) is 2.30. The summed E-state index contributed by atoms with van der Waals surface area (Å²) in [6.07, 6.45) is 2.22. The van der Waals surface area contributed by atoms with Gasteiger partial charge in [0.2, 0.25) is 0 Å². The second kappa shape index (κ2) is 5.68. The van der Waals surface area contributed by atoms with Gasteiger partial charge in [0.05, 0.1) is 16.3 Å². The monoisotopic (exact) mass is 287 g/mol. The minimum Gasteiger partial charge on any atom is -0.377 e. The fourth-order valence-electron chi connectivity index (χ4n) is 2.47. The van der Waals surface area contributed by atoms with Gasteiger partial charge in [-0.2, -0.15) is 0 Å². The Morgan fingerprint density at radius 2 is 2.22 bits per heavy atom. The molecule has 0 radical (unpaired) electrons. The van der Waals surface area contributed by atoms with Crippen LogP contribution in [-0.4, -0.2) is 25.8 Å². The van der Waals surface area contributed by atoms with Crippen LogP contribution in [0, 0.1) is 0 Å². The summed E-state index contributed by atoms with van der Waals surface area (Å²) in [5.41, 5.74) is 2.05. The lowest BCUT2D eigenvalue weighted by molar-refractivity contribution is -0.00464. The van der Waals surface area contributed by atoms with Gasteiger partial charge in [0.15, 0.2) is 0 Å². The lowest BCUT2D eigenvalue weighted by atomic mass is 9.94. The molecule has 1 saturated heterocycles. The van der Waals surface area contributed by atoms with E-state index in [0.717, 1.165) is 42.2 Å². The van der Waals surface area contributed by atoms with Gasteiger partial charge in [0.1, 0.15) is 0 Å².